The van der Waals surface area contributed by atoms with Gasteiger partial charge in [-0.1, -0.05) is 13.8 Å². The van der Waals surface area contributed by atoms with Crippen molar-refractivity contribution in [3.8, 4) is 11.4 Å². The monoisotopic (exact) mass is 356 g/mol. The lowest BCUT2D eigenvalue weighted by Crippen LogP contribution is -1.99. The molecule has 2 aromatic rings. The predicted octanol–water partition coefficient (Wildman–Crippen LogP) is 2.87. The normalized spacial score (nSPS) is 11.2. The number of nitrogens with two attached hydrogens (primary N) is 1. The molecule has 0 radical (unpaired) electrons. The molecule has 2 N–H and O–H groups in total. The summed E-state index contributed by atoms with van der Waals surface area (Å²) < 4.78 is 2.95. The third-order valence-electron chi connectivity index (χ3n) is 2.65. The van der Waals surface area contributed by atoms with E-state index in [2.05, 4.69) is 46.5 Å². The second-order valence-electron chi connectivity index (χ2n) is 4.80. The number of hydrogen-bond acceptors (Lipinski definition) is 3. The van der Waals surface area contributed by atoms with Crippen LogP contribution in [0.2, 0.25) is 0 Å². The number of halogens is 1. The van der Waals surface area contributed by atoms with Crippen LogP contribution in [0, 0.1) is 9.49 Å². The van der Waals surface area contributed by atoms with E-state index < -0.39 is 0 Å². The molecule has 0 aliphatic carbocycles. The largest absolute Gasteiger partial charge is 0.398 e. The van der Waals surface area contributed by atoms with Crippen LogP contribution in [0.1, 0.15) is 19.7 Å². The Morgan fingerprint density at radius 3 is 2.78 bits per heavy atom. The number of nitrogen functional groups attached to an aromatic ring is 1. The van der Waals surface area contributed by atoms with E-state index in [0.29, 0.717) is 5.92 Å². The number of anilines is 1. The number of aromatic nitrogens is 3. The van der Waals surface area contributed by atoms with Crippen LogP contribution >= 0.6 is 22.6 Å². The zero-order valence-electron chi connectivity index (χ0n) is 10.8. The molecule has 0 atom stereocenters. The summed E-state index contributed by atoms with van der Waals surface area (Å²) in [6.07, 6.45) is 0.887. The van der Waals surface area contributed by atoms with E-state index in [1.54, 1.807) is 4.68 Å². The summed E-state index contributed by atoms with van der Waals surface area (Å²) in [5.41, 5.74) is 7.71. The van der Waals surface area contributed by atoms with Gasteiger partial charge >= 0.3 is 0 Å². The molecule has 18 heavy (non-hydrogen) atoms. The van der Waals surface area contributed by atoms with Crippen LogP contribution < -0.4 is 5.73 Å². The quantitative estimate of drug-likeness (QED) is 0.680. The first-order valence-corrected chi connectivity index (χ1v) is 7.00. The van der Waals surface area contributed by atoms with Crippen molar-refractivity contribution in [2.75, 3.05) is 5.73 Å². The Kier molecular flexibility index (Phi) is 3.89. The molecule has 1 heterocycles. The topological polar surface area (TPSA) is 56.7 Å². The van der Waals surface area contributed by atoms with Gasteiger partial charge in [0, 0.05) is 28.3 Å². The molecule has 1 aromatic carbocycles. The molecule has 0 amide bonds. The predicted molar refractivity (Wildman–Crippen MR) is 82.1 cm³/mol. The molecule has 5 heteroatoms. The molecule has 96 valence electrons. The Morgan fingerprint density at radius 2 is 2.11 bits per heavy atom. The number of aryl methyl sites for hydroxylation is 1. The average Bonchev–Trinajstić information content (AvgIpc) is 2.62. The summed E-state index contributed by atoms with van der Waals surface area (Å²) in [6, 6.07) is 5.94. The highest BCUT2D eigenvalue weighted by Gasteiger charge is 2.13. The van der Waals surface area contributed by atoms with Gasteiger partial charge in [0.15, 0.2) is 11.6 Å². The Bertz CT molecular complexity index is 560. The van der Waals surface area contributed by atoms with Gasteiger partial charge in [-0.15, -0.1) is 0 Å². The summed E-state index contributed by atoms with van der Waals surface area (Å²) in [5.74, 6) is 2.26. The Balaban J connectivity index is 2.44. The second-order valence-corrected chi connectivity index (χ2v) is 6.05. The lowest BCUT2D eigenvalue weighted by molar-refractivity contribution is 0.613. The van der Waals surface area contributed by atoms with Crippen LogP contribution in [0.5, 0.6) is 0 Å². The SMILES string of the molecule is CC(C)Cc1nc(-c2cc(I)ccc2N)n(C)n1. The van der Waals surface area contributed by atoms with Crippen LogP contribution in [0.25, 0.3) is 11.4 Å². The fourth-order valence-electron chi connectivity index (χ4n) is 1.85. The summed E-state index contributed by atoms with van der Waals surface area (Å²) in [5, 5.41) is 4.45. The summed E-state index contributed by atoms with van der Waals surface area (Å²) >= 11 is 2.27. The third-order valence-corrected chi connectivity index (χ3v) is 3.32. The van der Waals surface area contributed by atoms with Crippen LogP contribution in [-0.4, -0.2) is 14.8 Å². The van der Waals surface area contributed by atoms with E-state index in [9.17, 15) is 0 Å². The van der Waals surface area contributed by atoms with E-state index in [4.69, 9.17) is 5.73 Å². The Labute approximate surface area is 121 Å². The number of rotatable bonds is 3. The van der Waals surface area contributed by atoms with Crippen molar-refractivity contribution in [2.24, 2.45) is 13.0 Å². The smallest absolute Gasteiger partial charge is 0.160 e. The molecule has 0 saturated heterocycles. The number of benzene rings is 1. The summed E-state index contributed by atoms with van der Waals surface area (Å²) in [7, 11) is 1.91. The van der Waals surface area contributed by atoms with Gasteiger partial charge in [0.1, 0.15) is 0 Å². The van der Waals surface area contributed by atoms with Gasteiger partial charge in [-0.3, -0.25) is 0 Å². The minimum Gasteiger partial charge on any atom is -0.398 e. The van der Waals surface area contributed by atoms with Gasteiger partial charge in [-0.2, -0.15) is 5.10 Å². The molecule has 2 rings (SSSR count). The van der Waals surface area contributed by atoms with E-state index in [0.717, 1.165) is 32.9 Å². The molecule has 0 bridgehead atoms. The molecule has 0 unspecified atom stereocenters. The van der Waals surface area contributed by atoms with Crippen LogP contribution in [0.15, 0.2) is 18.2 Å². The van der Waals surface area contributed by atoms with Crippen molar-refractivity contribution < 1.29 is 0 Å². The Morgan fingerprint density at radius 1 is 1.39 bits per heavy atom. The van der Waals surface area contributed by atoms with E-state index in [1.165, 1.54) is 0 Å². The van der Waals surface area contributed by atoms with Crippen molar-refractivity contribution in [3.05, 3.63) is 27.6 Å². The standard InChI is InChI=1S/C13H17IN4/c1-8(2)6-12-16-13(18(3)17-12)10-7-9(14)4-5-11(10)15/h4-5,7-8H,6,15H2,1-3H3. The molecule has 0 saturated carbocycles. The fourth-order valence-corrected chi connectivity index (χ4v) is 2.34. The highest BCUT2D eigenvalue weighted by atomic mass is 127. The summed E-state index contributed by atoms with van der Waals surface area (Å²) in [4.78, 5) is 4.59. The molecule has 1 aromatic heterocycles. The second kappa shape index (κ2) is 5.26. The van der Waals surface area contributed by atoms with Gasteiger partial charge < -0.3 is 5.73 Å². The number of hydrogen-bond donors (Lipinski definition) is 1. The van der Waals surface area contributed by atoms with E-state index in [1.807, 2.05) is 25.2 Å². The molecule has 0 aliphatic heterocycles. The van der Waals surface area contributed by atoms with Crippen LogP contribution in [-0.2, 0) is 13.5 Å². The maximum Gasteiger partial charge on any atom is 0.160 e. The lowest BCUT2D eigenvalue weighted by atomic mass is 10.1. The zero-order valence-corrected chi connectivity index (χ0v) is 13.0. The van der Waals surface area contributed by atoms with Crippen molar-refractivity contribution in [2.45, 2.75) is 20.3 Å². The maximum absolute atomic E-state index is 6.02. The summed E-state index contributed by atoms with van der Waals surface area (Å²) in [6.45, 7) is 4.33. The fraction of sp³-hybridized carbons (Fsp3) is 0.385. The van der Waals surface area contributed by atoms with Crippen molar-refractivity contribution in [1.82, 2.24) is 14.8 Å². The van der Waals surface area contributed by atoms with Gasteiger partial charge in [-0.25, -0.2) is 9.67 Å². The number of nitrogens with zero attached hydrogens (tertiary/aromatic N) is 3. The molecular formula is C13H17IN4. The van der Waals surface area contributed by atoms with Gasteiger partial charge in [-0.05, 0) is 46.7 Å². The molecule has 0 fully saturated rings. The highest BCUT2D eigenvalue weighted by molar-refractivity contribution is 14.1. The third kappa shape index (κ3) is 2.82. The lowest BCUT2D eigenvalue weighted by Gasteiger charge is -2.04. The molecule has 4 nitrogen and oxygen atoms in total. The first-order chi connectivity index (χ1) is 8.47. The first kappa shape index (κ1) is 13.3. The molecule has 0 spiro atoms. The van der Waals surface area contributed by atoms with E-state index >= 15 is 0 Å². The minimum atomic E-state index is 0.550. The van der Waals surface area contributed by atoms with Crippen LogP contribution in [0.3, 0.4) is 0 Å². The van der Waals surface area contributed by atoms with Crippen molar-refractivity contribution >= 4 is 28.3 Å². The van der Waals surface area contributed by atoms with Gasteiger partial charge in [0.25, 0.3) is 0 Å². The maximum atomic E-state index is 6.02. The van der Waals surface area contributed by atoms with Crippen molar-refractivity contribution in [3.63, 3.8) is 0 Å². The minimum absolute atomic E-state index is 0.550. The molecular weight excluding hydrogens is 339 g/mol. The molecule has 0 aliphatic rings. The van der Waals surface area contributed by atoms with Gasteiger partial charge in [0.2, 0.25) is 0 Å². The zero-order chi connectivity index (χ0) is 13.3. The van der Waals surface area contributed by atoms with Crippen molar-refractivity contribution in [1.29, 1.82) is 0 Å². The average molecular weight is 356 g/mol. The first-order valence-electron chi connectivity index (χ1n) is 5.92. The van der Waals surface area contributed by atoms with Crippen LogP contribution in [0.4, 0.5) is 5.69 Å². The van der Waals surface area contributed by atoms with E-state index in [-0.39, 0.29) is 0 Å². The van der Waals surface area contributed by atoms with Gasteiger partial charge in [0.05, 0.1) is 0 Å². The highest BCUT2D eigenvalue weighted by Crippen LogP contribution is 2.26. The Hall–Kier alpha value is -1.11.